The van der Waals surface area contributed by atoms with Crippen molar-refractivity contribution in [2.75, 3.05) is 0 Å². The number of carbonyl (C=O) groups excluding carboxylic acids is 2. The second-order valence-electron chi connectivity index (χ2n) is 3.39. The fourth-order valence-electron chi connectivity index (χ4n) is 1.57. The van der Waals surface area contributed by atoms with Gasteiger partial charge in [0.2, 0.25) is 0 Å². The normalized spacial score (nSPS) is 11.3. The molecule has 0 saturated heterocycles. The van der Waals surface area contributed by atoms with Crippen molar-refractivity contribution in [1.82, 2.24) is 0 Å². The van der Waals surface area contributed by atoms with E-state index in [-0.39, 0.29) is 11.8 Å². The number of rotatable bonds is 2. The fraction of sp³-hybridized carbons (Fsp3) is 0.273. The molecule has 0 aliphatic heterocycles. The molecule has 0 saturated carbocycles. The zero-order valence-corrected chi connectivity index (χ0v) is 8.68. The van der Waals surface area contributed by atoms with Crippen molar-refractivity contribution in [3.63, 3.8) is 0 Å². The van der Waals surface area contributed by atoms with Crippen LogP contribution in [0.5, 0.6) is 0 Å². The van der Waals surface area contributed by atoms with Crippen LogP contribution in [0.1, 0.15) is 38.8 Å². The Balaban J connectivity index is 3.62. The van der Waals surface area contributed by atoms with E-state index in [1.54, 1.807) is 0 Å². The monoisotopic (exact) mass is 230 g/mol. The lowest BCUT2D eigenvalue weighted by Gasteiger charge is -2.13. The summed E-state index contributed by atoms with van der Waals surface area (Å²) in [5.74, 6) is -0.550. The van der Waals surface area contributed by atoms with Gasteiger partial charge in [0.1, 0.15) is 0 Å². The second-order valence-corrected chi connectivity index (χ2v) is 3.39. The number of carbonyl (C=O) groups is 2. The molecule has 86 valence electrons. The van der Waals surface area contributed by atoms with Gasteiger partial charge < -0.3 is 0 Å². The van der Waals surface area contributed by atoms with Crippen molar-refractivity contribution in [3.05, 3.63) is 34.4 Å². The van der Waals surface area contributed by atoms with Crippen LogP contribution >= 0.6 is 0 Å². The lowest BCUT2D eigenvalue weighted by atomic mass is 9.94. The van der Waals surface area contributed by atoms with Crippen LogP contribution in [-0.4, -0.2) is 12.1 Å². The van der Waals surface area contributed by atoms with E-state index in [2.05, 4.69) is 0 Å². The van der Waals surface area contributed by atoms with Crippen LogP contribution in [0.25, 0.3) is 0 Å². The molecule has 1 aromatic rings. The van der Waals surface area contributed by atoms with Crippen molar-refractivity contribution in [2.45, 2.75) is 20.0 Å². The molecule has 0 aliphatic carbocycles. The van der Waals surface area contributed by atoms with Crippen molar-refractivity contribution in [2.24, 2.45) is 0 Å². The molecule has 0 unspecified atom stereocenters. The molecule has 16 heavy (non-hydrogen) atoms. The molecule has 0 N–H and O–H groups in total. The molecule has 0 bridgehead atoms. The highest BCUT2D eigenvalue weighted by atomic mass is 19.4. The van der Waals surface area contributed by atoms with Gasteiger partial charge in [-0.15, -0.1) is 0 Å². The van der Waals surface area contributed by atoms with E-state index in [1.807, 2.05) is 0 Å². The molecule has 0 heterocycles. The molecule has 0 spiro atoms. The third-order valence-corrected chi connectivity index (χ3v) is 2.23. The van der Waals surface area contributed by atoms with Crippen LogP contribution in [-0.2, 0) is 6.18 Å². The maximum atomic E-state index is 12.5. The van der Waals surface area contributed by atoms with E-state index >= 15 is 0 Å². The Morgan fingerprint density at radius 3 is 2.25 bits per heavy atom. The lowest BCUT2D eigenvalue weighted by Crippen LogP contribution is -2.13. The van der Waals surface area contributed by atoms with Crippen molar-refractivity contribution < 1.29 is 22.8 Å². The number of benzene rings is 1. The van der Waals surface area contributed by atoms with Gasteiger partial charge >= 0.3 is 6.18 Å². The molecule has 0 aliphatic rings. The van der Waals surface area contributed by atoms with E-state index in [9.17, 15) is 22.8 Å². The van der Waals surface area contributed by atoms with Crippen molar-refractivity contribution in [1.29, 1.82) is 0 Å². The van der Waals surface area contributed by atoms with E-state index in [0.717, 1.165) is 13.0 Å². The van der Waals surface area contributed by atoms with E-state index in [0.29, 0.717) is 5.56 Å². The second kappa shape index (κ2) is 4.08. The molecule has 0 atom stereocenters. The zero-order valence-electron chi connectivity index (χ0n) is 8.68. The minimum atomic E-state index is -4.63. The summed E-state index contributed by atoms with van der Waals surface area (Å²) in [5.41, 5.74) is -1.45. The molecule has 0 aromatic heterocycles. The highest BCUT2D eigenvalue weighted by Gasteiger charge is 2.35. The third kappa shape index (κ3) is 2.13. The molecule has 1 rings (SSSR count). The number of aryl methyl sites for hydroxylation is 1. The predicted octanol–water partition coefficient (Wildman–Crippen LogP) is 3.03. The summed E-state index contributed by atoms with van der Waals surface area (Å²) in [6, 6.07) is 2.00. The van der Waals surface area contributed by atoms with E-state index in [4.69, 9.17) is 0 Å². The number of ketones is 1. The largest absolute Gasteiger partial charge is 0.417 e. The zero-order chi connectivity index (χ0) is 12.5. The lowest BCUT2D eigenvalue weighted by molar-refractivity contribution is -0.137. The average Bonchev–Trinajstić information content (AvgIpc) is 2.14. The minimum absolute atomic E-state index is 0.0759. The van der Waals surface area contributed by atoms with Gasteiger partial charge in [-0.1, -0.05) is 6.07 Å². The Kier molecular flexibility index (Phi) is 3.16. The van der Waals surface area contributed by atoms with Crippen LogP contribution in [0.3, 0.4) is 0 Å². The summed E-state index contributed by atoms with van der Waals surface area (Å²) in [5, 5.41) is 0. The highest BCUT2D eigenvalue weighted by molar-refractivity contribution is 6.03. The number of hydrogen-bond acceptors (Lipinski definition) is 2. The van der Waals surface area contributed by atoms with Crippen LogP contribution in [0, 0.1) is 6.92 Å². The minimum Gasteiger partial charge on any atom is -0.298 e. The molecular formula is C11H9F3O2. The van der Waals surface area contributed by atoms with Gasteiger partial charge in [0, 0.05) is 11.1 Å². The van der Waals surface area contributed by atoms with E-state index < -0.39 is 23.1 Å². The van der Waals surface area contributed by atoms with Gasteiger partial charge in [-0.2, -0.15) is 13.2 Å². The SMILES string of the molecule is CC(=O)c1c(C)ccc(C(F)(F)F)c1C=O. The summed E-state index contributed by atoms with van der Waals surface area (Å²) in [7, 11) is 0. The molecular weight excluding hydrogens is 221 g/mol. The maximum absolute atomic E-state index is 12.5. The van der Waals surface area contributed by atoms with Gasteiger partial charge in [0.15, 0.2) is 12.1 Å². The summed E-state index contributed by atoms with van der Waals surface area (Å²) in [6.07, 6.45) is -4.55. The van der Waals surface area contributed by atoms with Gasteiger partial charge in [-0.3, -0.25) is 9.59 Å². The molecule has 0 radical (unpaired) electrons. The van der Waals surface area contributed by atoms with Crippen molar-refractivity contribution >= 4 is 12.1 Å². The third-order valence-electron chi connectivity index (χ3n) is 2.23. The smallest absolute Gasteiger partial charge is 0.298 e. The first-order chi connectivity index (χ1) is 7.29. The predicted molar refractivity (Wildman–Crippen MR) is 51.6 cm³/mol. The quantitative estimate of drug-likeness (QED) is 0.578. The Labute approximate surface area is 90.1 Å². The van der Waals surface area contributed by atoms with Gasteiger partial charge in [-0.25, -0.2) is 0 Å². The fourth-order valence-corrected chi connectivity index (χ4v) is 1.57. The van der Waals surface area contributed by atoms with Crippen LogP contribution in [0.15, 0.2) is 12.1 Å². The molecule has 1 aromatic carbocycles. The maximum Gasteiger partial charge on any atom is 0.417 e. The topological polar surface area (TPSA) is 34.1 Å². The number of alkyl halides is 3. The van der Waals surface area contributed by atoms with Gasteiger partial charge in [0.25, 0.3) is 0 Å². The number of aldehydes is 1. The molecule has 0 amide bonds. The summed E-state index contributed by atoms with van der Waals surface area (Å²) in [6.45, 7) is 2.62. The van der Waals surface area contributed by atoms with Gasteiger partial charge in [0.05, 0.1) is 5.56 Å². The first-order valence-electron chi connectivity index (χ1n) is 4.46. The highest BCUT2D eigenvalue weighted by Crippen LogP contribution is 2.33. The van der Waals surface area contributed by atoms with Crippen LogP contribution in [0.4, 0.5) is 13.2 Å². The Morgan fingerprint density at radius 1 is 1.31 bits per heavy atom. The van der Waals surface area contributed by atoms with Crippen molar-refractivity contribution in [3.8, 4) is 0 Å². The first-order valence-corrected chi connectivity index (χ1v) is 4.46. The summed E-state index contributed by atoms with van der Waals surface area (Å²) in [4.78, 5) is 21.9. The van der Waals surface area contributed by atoms with E-state index in [1.165, 1.54) is 13.0 Å². The number of Topliss-reactive ketones (excluding diaryl/α,β-unsaturated/α-hetero) is 1. The van der Waals surface area contributed by atoms with Gasteiger partial charge in [-0.05, 0) is 25.5 Å². The Morgan fingerprint density at radius 2 is 1.88 bits per heavy atom. The Hall–Kier alpha value is -1.65. The summed E-state index contributed by atoms with van der Waals surface area (Å²) >= 11 is 0. The number of halogens is 3. The molecule has 0 fully saturated rings. The average molecular weight is 230 g/mol. The molecule has 2 nitrogen and oxygen atoms in total. The summed E-state index contributed by atoms with van der Waals surface area (Å²) < 4.78 is 37.6. The number of hydrogen-bond donors (Lipinski definition) is 0. The standard InChI is InChI=1S/C11H9F3O2/c1-6-3-4-9(11(12,13)14)8(5-15)10(6)7(2)16/h3-5H,1-2H3. The first kappa shape index (κ1) is 12.4. The molecule has 5 heteroatoms. The van der Waals surface area contributed by atoms with Crippen LogP contribution in [0.2, 0.25) is 0 Å². The Bertz CT molecular complexity index is 447. The van der Waals surface area contributed by atoms with Crippen LogP contribution < -0.4 is 0 Å².